The average molecular weight is 192 g/mol. The molecule has 0 N–H and O–H groups in total. The van der Waals surface area contributed by atoms with E-state index < -0.39 is 7.04 Å². The lowest BCUT2D eigenvalue weighted by atomic mass is 10.5. The van der Waals surface area contributed by atoms with Crippen molar-refractivity contribution < 1.29 is 8.85 Å². The molecule has 0 aliphatic carbocycles. The Balaban J connectivity index is 2.77. The summed E-state index contributed by atoms with van der Waals surface area (Å²) in [5.41, 5.74) is 0. The number of rotatable bonds is 1. The molecule has 0 aliphatic rings. The van der Waals surface area contributed by atoms with Gasteiger partial charge < -0.3 is 4.74 Å². The molecule has 1 aromatic rings. The molecule has 0 aliphatic heterocycles. The van der Waals surface area contributed by atoms with Crippen LogP contribution in [0, 0.1) is 0 Å². The van der Waals surface area contributed by atoms with Crippen molar-refractivity contribution >= 4 is 15.9 Å². The number of methoxy groups -OCH3 is 1. The summed E-state index contributed by atoms with van der Waals surface area (Å²) in [6.45, 7) is 0. The predicted octanol–water partition coefficient (Wildman–Crippen LogP) is 1.85. The van der Waals surface area contributed by atoms with Gasteiger partial charge >= 0.3 is 0 Å². The van der Waals surface area contributed by atoms with Crippen LogP contribution in [0.5, 0.6) is 5.88 Å². The van der Waals surface area contributed by atoms with Gasteiger partial charge in [0.2, 0.25) is 5.88 Å². The van der Waals surface area contributed by atoms with E-state index in [1.165, 1.54) is 12.3 Å². The Bertz CT molecular complexity index is 276. The van der Waals surface area contributed by atoms with Gasteiger partial charge in [-0.25, -0.2) is 4.98 Å². The van der Waals surface area contributed by atoms with Gasteiger partial charge in [-0.2, -0.15) is 0 Å². The highest BCUT2D eigenvalue weighted by molar-refractivity contribution is 9.10. The molecule has 1 aromatic heterocycles. The van der Waals surface area contributed by atoms with Gasteiger partial charge in [0.15, 0.2) is 0 Å². The van der Waals surface area contributed by atoms with Crippen LogP contribution in [-0.4, -0.2) is 12.0 Å². The van der Waals surface area contributed by atoms with Gasteiger partial charge in [-0.05, 0) is 6.07 Å². The third-order valence-corrected chi connectivity index (χ3v) is 1.29. The summed E-state index contributed by atoms with van der Waals surface area (Å²) < 4.78 is 25.7. The second-order valence-corrected chi connectivity index (χ2v) is 2.33. The van der Waals surface area contributed by atoms with Crippen LogP contribution in [0.1, 0.15) is 4.11 Å². The summed E-state index contributed by atoms with van der Waals surface area (Å²) in [7, 11) is -2.44. The van der Waals surface area contributed by atoms with Crippen LogP contribution in [-0.2, 0) is 0 Å². The first-order valence-corrected chi connectivity index (χ1v) is 3.07. The molecule has 3 heteroatoms. The maximum Gasteiger partial charge on any atom is 0.214 e. The van der Waals surface area contributed by atoms with E-state index in [2.05, 4.69) is 25.7 Å². The van der Waals surface area contributed by atoms with Crippen LogP contribution < -0.4 is 4.74 Å². The van der Waals surface area contributed by atoms with Crippen LogP contribution in [0.4, 0.5) is 0 Å². The molecule has 9 heavy (non-hydrogen) atoms. The number of ether oxygens (including phenoxy) is 1. The monoisotopic (exact) mass is 191 g/mol. The van der Waals surface area contributed by atoms with Crippen molar-refractivity contribution in [3.05, 3.63) is 22.8 Å². The second kappa shape index (κ2) is 2.82. The molecule has 1 heterocycles. The lowest BCUT2D eigenvalue weighted by Gasteiger charge is -1.95. The normalized spacial score (nSPS) is 15.4. The molecule has 0 aromatic carbocycles. The van der Waals surface area contributed by atoms with E-state index in [4.69, 9.17) is 4.11 Å². The van der Waals surface area contributed by atoms with Gasteiger partial charge in [0.1, 0.15) is 0 Å². The van der Waals surface area contributed by atoms with E-state index in [0.29, 0.717) is 0 Å². The van der Waals surface area contributed by atoms with Crippen LogP contribution >= 0.6 is 15.9 Å². The van der Waals surface area contributed by atoms with Crippen LogP contribution in [0.3, 0.4) is 0 Å². The Morgan fingerprint density at radius 2 is 2.78 bits per heavy atom. The van der Waals surface area contributed by atoms with E-state index in [1.807, 2.05) is 0 Å². The zero-order valence-corrected chi connectivity index (χ0v) is 6.05. The molecule has 2 nitrogen and oxygen atoms in total. The smallest absolute Gasteiger partial charge is 0.214 e. The molecular weight excluding hydrogens is 183 g/mol. The first-order chi connectivity index (χ1) is 5.47. The summed E-state index contributed by atoms with van der Waals surface area (Å²) in [6.07, 6.45) is 1.46. The number of hydrogen-bond donors (Lipinski definition) is 0. The SMILES string of the molecule is [2H][13C]([2H])([2H])Oc1cc(Br)ccn1. The molecular formula is C6H6BrNO. The molecule has 0 radical (unpaired) electrons. The highest BCUT2D eigenvalue weighted by Gasteiger charge is 1.89. The van der Waals surface area contributed by atoms with E-state index in [-0.39, 0.29) is 5.88 Å². The van der Waals surface area contributed by atoms with Gasteiger partial charge in [0.05, 0.1) is 11.2 Å². The van der Waals surface area contributed by atoms with E-state index >= 15 is 0 Å². The average Bonchev–Trinajstić information content (AvgIpc) is 1.82. The summed E-state index contributed by atoms with van der Waals surface area (Å²) in [5, 5.41) is 0. The van der Waals surface area contributed by atoms with Crippen molar-refractivity contribution in [1.82, 2.24) is 4.98 Å². The molecule has 0 amide bonds. The number of nitrogens with zero attached hydrogens (tertiary/aromatic N) is 1. The van der Waals surface area contributed by atoms with Gasteiger partial charge in [0.25, 0.3) is 0 Å². The van der Waals surface area contributed by atoms with E-state index in [0.717, 1.165) is 4.47 Å². The van der Waals surface area contributed by atoms with Crippen LogP contribution in [0.25, 0.3) is 0 Å². The molecule has 0 atom stereocenters. The van der Waals surface area contributed by atoms with Gasteiger partial charge in [-0.15, -0.1) is 0 Å². The lowest BCUT2D eigenvalue weighted by Crippen LogP contribution is -1.84. The predicted molar refractivity (Wildman–Crippen MR) is 38.5 cm³/mol. The lowest BCUT2D eigenvalue weighted by molar-refractivity contribution is 0.397. The van der Waals surface area contributed by atoms with Gasteiger partial charge in [-0.3, -0.25) is 0 Å². The van der Waals surface area contributed by atoms with Crippen LogP contribution in [0.15, 0.2) is 22.8 Å². The summed E-state index contributed by atoms with van der Waals surface area (Å²) in [4.78, 5) is 3.71. The van der Waals surface area contributed by atoms with Crippen LogP contribution in [0.2, 0.25) is 0 Å². The Morgan fingerprint density at radius 1 is 1.89 bits per heavy atom. The summed E-state index contributed by atoms with van der Waals surface area (Å²) in [6, 6.07) is 3.18. The Kier molecular flexibility index (Phi) is 1.12. The van der Waals surface area contributed by atoms with Crippen molar-refractivity contribution in [1.29, 1.82) is 0 Å². The quantitative estimate of drug-likeness (QED) is 0.633. The minimum absolute atomic E-state index is 0.0874. The highest BCUT2D eigenvalue weighted by atomic mass is 79.9. The molecule has 48 valence electrons. The minimum Gasteiger partial charge on any atom is -0.481 e. The fraction of sp³-hybridized carbons (Fsp3) is 0.167. The van der Waals surface area contributed by atoms with Gasteiger partial charge in [0, 0.05) is 16.7 Å². The number of pyridine rings is 1. The zero-order valence-electron chi connectivity index (χ0n) is 7.47. The van der Waals surface area contributed by atoms with Gasteiger partial charge in [-0.1, -0.05) is 15.9 Å². The first kappa shape index (κ1) is 3.56. The zero-order chi connectivity index (χ0) is 9.19. The fourth-order valence-corrected chi connectivity index (χ4v) is 0.755. The minimum atomic E-state index is -2.44. The molecule has 0 saturated heterocycles. The van der Waals surface area contributed by atoms with Crippen molar-refractivity contribution in [2.45, 2.75) is 0 Å². The first-order valence-electron chi connectivity index (χ1n) is 3.78. The molecule has 0 spiro atoms. The third kappa shape index (κ3) is 1.68. The highest BCUT2D eigenvalue weighted by Crippen LogP contribution is 2.13. The standard InChI is InChI=1S/C6H6BrNO/c1-9-6-4-5(7)2-3-8-6/h2-4H,1H3/i1+1D3. The molecule has 0 saturated carbocycles. The maximum atomic E-state index is 6.80. The maximum absolute atomic E-state index is 6.80. The number of hydrogen-bond acceptors (Lipinski definition) is 2. The second-order valence-electron chi connectivity index (χ2n) is 1.41. The largest absolute Gasteiger partial charge is 0.481 e. The molecule has 0 fully saturated rings. The van der Waals surface area contributed by atoms with Crippen molar-refractivity contribution in [2.24, 2.45) is 0 Å². The molecule has 0 unspecified atom stereocenters. The molecule has 1 rings (SSSR count). The Labute approximate surface area is 66.2 Å². The fourth-order valence-electron chi connectivity index (χ4n) is 0.441. The molecule has 0 bridgehead atoms. The third-order valence-electron chi connectivity index (χ3n) is 0.801. The summed E-state index contributed by atoms with van der Waals surface area (Å²) >= 11 is 3.17. The van der Waals surface area contributed by atoms with Crippen molar-refractivity contribution in [3.63, 3.8) is 0 Å². The number of halogens is 1. The Hall–Kier alpha value is -0.570. The topological polar surface area (TPSA) is 22.1 Å². The Morgan fingerprint density at radius 3 is 3.44 bits per heavy atom. The van der Waals surface area contributed by atoms with Crippen molar-refractivity contribution in [2.75, 3.05) is 7.04 Å². The van der Waals surface area contributed by atoms with E-state index in [1.54, 1.807) is 6.07 Å². The van der Waals surface area contributed by atoms with Crippen molar-refractivity contribution in [3.8, 4) is 5.88 Å². The number of aromatic nitrogens is 1. The van der Waals surface area contributed by atoms with E-state index in [9.17, 15) is 0 Å². The summed E-state index contributed by atoms with van der Waals surface area (Å²) in [5.74, 6) is 0.0874.